The number of rotatable bonds is 3. The number of carbonyl (C=O) groups excluding carboxylic acids is 1. The van der Waals surface area contributed by atoms with Crippen LogP contribution in [-0.4, -0.2) is 5.91 Å². The first-order valence-electron chi connectivity index (χ1n) is 5.65. The summed E-state index contributed by atoms with van der Waals surface area (Å²) in [6.45, 7) is 4.06. The van der Waals surface area contributed by atoms with E-state index >= 15 is 0 Å². The number of amides is 1. The maximum absolute atomic E-state index is 11.9. The lowest BCUT2D eigenvalue weighted by Gasteiger charge is -2.05. The Balaban J connectivity index is 2.10. The van der Waals surface area contributed by atoms with E-state index in [9.17, 15) is 4.79 Å². The molecule has 0 spiro atoms. The molecule has 3 heteroatoms. The third-order valence-corrected chi connectivity index (χ3v) is 3.70. The number of carbonyl (C=O) groups is 1. The van der Waals surface area contributed by atoms with Gasteiger partial charge in [0.2, 0.25) is 0 Å². The van der Waals surface area contributed by atoms with Gasteiger partial charge in [-0.2, -0.15) is 0 Å². The quantitative estimate of drug-likeness (QED) is 0.873. The largest absolute Gasteiger partial charge is 0.321 e. The van der Waals surface area contributed by atoms with Gasteiger partial charge in [-0.1, -0.05) is 19.1 Å². The van der Waals surface area contributed by atoms with Crippen molar-refractivity contribution in [1.29, 1.82) is 0 Å². The van der Waals surface area contributed by atoms with Crippen molar-refractivity contribution in [2.45, 2.75) is 20.3 Å². The molecule has 0 bridgehead atoms. The Kier molecular flexibility index (Phi) is 3.59. The van der Waals surface area contributed by atoms with Crippen LogP contribution >= 0.6 is 11.3 Å². The standard InChI is InChI=1S/C14H15NOS/c1-3-11-4-6-12(7-5-11)15-14(16)13-10(2)8-9-17-13/h4-9H,3H2,1-2H3,(H,15,16). The summed E-state index contributed by atoms with van der Waals surface area (Å²) in [5, 5.41) is 4.84. The molecule has 1 aromatic heterocycles. The molecule has 1 aromatic carbocycles. The first kappa shape index (κ1) is 11.9. The molecule has 1 amide bonds. The lowest BCUT2D eigenvalue weighted by atomic mass is 10.1. The number of benzene rings is 1. The molecule has 0 aliphatic heterocycles. The number of hydrogen-bond acceptors (Lipinski definition) is 2. The molecule has 2 rings (SSSR count). The number of hydrogen-bond donors (Lipinski definition) is 1. The molecular formula is C14H15NOS. The highest BCUT2D eigenvalue weighted by Gasteiger charge is 2.10. The zero-order valence-electron chi connectivity index (χ0n) is 9.99. The topological polar surface area (TPSA) is 29.1 Å². The molecule has 1 heterocycles. The Bertz CT molecular complexity index is 513. The first-order valence-corrected chi connectivity index (χ1v) is 6.53. The normalized spacial score (nSPS) is 10.2. The Morgan fingerprint density at radius 2 is 1.94 bits per heavy atom. The molecule has 0 aliphatic rings. The van der Waals surface area contributed by atoms with Crippen molar-refractivity contribution in [2.24, 2.45) is 0 Å². The van der Waals surface area contributed by atoms with Crippen molar-refractivity contribution >= 4 is 22.9 Å². The van der Waals surface area contributed by atoms with E-state index in [2.05, 4.69) is 12.2 Å². The average Bonchev–Trinajstić information content (AvgIpc) is 2.76. The molecule has 88 valence electrons. The average molecular weight is 245 g/mol. The summed E-state index contributed by atoms with van der Waals surface area (Å²) < 4.78 is 0. The highest BCUT2D eigenvalue weighted by atomic mass is 32.1. The van der Waals surface area contributed by atoms with Crippen LogP contribution in [0.4, 0.5) is 5.69 Å². The Morgan fingerprint density at radius 1 is 1.24 bits per heavy atom. The van der Waals surface area contributed by atoms with Crippen LogP contribution in [0.15, 0.2) is 35.7 Å². The van der Waals surface area contributed by atoms with E-state index in [1.807, 2.05) is 42.6 Å². The molecule has 2 aromatic rings. The van der Waals surface area contributed by atoms with E-state index in [1.54, 1.807) is 0 Å². The van der Waals surface area contributed by atoms with E-state index in [-0.39, 0.29) is 5.91 Å². The van der Waals surface area contributed by atoms with E-state index in [0.717, 1.165) is 22.5 Å². The van der Waals surface area contributed by atoms with Crippen molar-refractivity contribution in [2.75, 3.05) is 5.32 Å². The molecular weight excluding hydrogens is 230 g/mol. The zero-order chi connectivity index (χ0) is 12.3. The predicted molar refractivity (Wildman–Crippen MR) is 72.8 cm³/mol. The molecule has 0 radical (unpaired) electrons. The summed E-state index contributed by atoms with van der Waals surface area (Å²) >= 11 is 1.47. The number of nitrogens with one attached hydrogen (secondary N) is 1. The summed E-state index contributed by atoms with van der Waals surface area (Å²) in [7, 11) is 0. The van der Waals surface area contributed by atoms with Crippen molar-refractivity contribution < 1.29 is 4.79 Å². The summed E-state index contributed by atoms with van der Waals surface area (Å²) in [6, 6.07) is 9.92. The summed E-state index contributed by atoms with van der Waals surface area (Å²) in [5.74, 6) is -0.0262. The molecule has 0 aliphatic carbocycles. The second-order valence-electron chi connectivity index (χ2n) is 3.94. The fourth-order valence-corrected chi connectivity index (χ4v) is 2.44. The fourth-order valence-electron chi connectivity index (χ4n) is 1.62. The van der Waals surface area contributed by atoms with Crippen LogP contribution in [0, 0.1) is 6.92 Å². The van der Waals surface area contributed by atoms with Gasteiger partial charge in [-0.15, -0.1) is 11.3 Å². The zero-order valence-corrected chi connectivity index (χ0v) is 10.8. The summed E-state index contributed by atoms with van der Waals surface area (Å²) in [6.07, 6.45) is 1.01. The van der Waals surface area contributed by atoms with Gasteiger partial charge >= 0.3 is 0 Å². The van der Waals surface area contributed by atoms with Gasteiger partial charge < -0.3 is 5.32 Å². The van der Waals surface area contributed by atoms with Crippen LogP contribution in [0.2, 0.25) is 0 Å². The Morgan fingerprint density at radius 3 is 2.47 bits per heavy atom. The molecule has 0 unspecified atom stereocenters. The van der Waals surface area contributed by atoms with Crippen molar-refractivity contribution in [3.05, 3.63) is 51.7 Å². The van der Waals surface area contributed by atoms with Crippen molar-refractivity contribution in [3.63, 3.8) is 0 Å². The second kappa shape index (κ2) is 5.15. The molecule has 0 saturated carbocycles. The second-order valence-corrected chi connectivity index (χ2v) is 4.85. The Labute approximate surface area is 105 Å². The molecule has 0 atom stereocenters. The highest BCUT2D eigenvalue weighted by Crippen LogP contribution is 2.18. The van der Waals surface area contributed by atoms with Gasteiger partial charge in [-0.05, 0) is 48.1 Å². The Hall–Kier alpha value is -1.61. The number of aryl methyl sites for hydroxylation is 2. The molecule has 1 N–H and O–H groups in total. The fraction of sp³-hybridized carbons (Fsp3) is 0.214. The van der Waals surface area contributed by atoms with E-state index < -0.39 is 0 Å². The maximum atomic E-state index is 11.9. The lowest BCUT2D eigenvalue weighted by Crippen LogP contribution is -2.11. The van der Waals surface area contributed by atoms with E-state index in [4.69, 9.17) is 0 Å². The van der Waals surface area contributed by atoms with Crippen LogP contribution in [0.25, 0.3) is 0 Å². The van der Waals surface area contributed by atoms with Gasteiger partial charge in [0.15, 0.2) is 0 Å². The van der Waals surface area contributed by atoms with Crippen LogP contribution in [-0.2, 0) is 6.42 Å². The number of thiophene rings is 1. The lowest BCUT2D eigenvalue weighted by molar-refractivity contribution is 0.103. The van der Waals surface area contributed by atoms with Gasteiger partial charge in [0.1, 0.15) is 0 Å². The van der Waals surface area contributed by atoms with Crippen LogP contribution in [0.5, 0.6) is 0 Å². The number of anilines is 1. The van der Waals surface area contributed by atoms with Crippen LogP contribution in [0.3, 0.4) is 0 Å². The molecule has 0 fully saturated rings. The minimum absolute atomic E-state index is 0.0262. The van der Waals surface area contributed by atoms with Gasteiger partial charge in [0, 0.05) is 5.69 Å². The highest BCUT2D eigenvalue weighted by molar-refractivity contribution is 7.12. The van der Waals surface area contributed by atoms with Crippen molar-refractivity contribution in [1.82, 2.24) is 0 Å². The maximum Gasteiger partial charge on any atom is 0.265 e. The predicted octanol–water partition coefficient (Wildman–Crippen LogP) is 3.87. The summed E-state index contributed by atoms with van der Waals surface area (Å²) in [4.78, 5) is 12.7. The summed E-state index contributed by atoms with van der Waals surface area (Å²) in [5.41, 5.74) is 3.15. The van der Waals surface area contributed by atoms with Gasteiger partial charge in [0.05, 0.1) is 4.88 Å². The van der Waals surface area contributed by atoms with Crippen LogP contribution < -0.4 is 5.32 Å². The smallest absolute Gasteiger partial charge is 0.265 e. The minimum Gasteiger partial charge on any atom is -0.321 e. The van der Waals surface area contributed by atoms with Gasteiger partial charge in [-0.3, -0.25) is 4.79 Å². The van der Waals surface area contributed by atoms with Gasteiger partial charge in [-0.25, -0.2) is 0 Å². The molecule has 17 heavy (non-hydrogen) atoms. The monoisotopic (exact) mass is 245 g/mol. The van der Waals surface area contributed by atoms with Crippen LogP contribution in [0.1, 0.15) is 27.7 Å². The molecule has 0 saturated heterocycles. The van der Waals surface area contributed by atoms with E-state index in [1.165, 1.54) is 16.9 Å². The first-order chi connectivity index (χ1) is 8.20. The van der Waals surface area contributed by atoms with E-state index in [0.29, 0.717) is 0 Å². The molecule has 2 nitrogen and oxygen atoms in total. The minimum atomic E-state index is -0.0262. The third kappa shape index (κ3) is 2.74. The third-order valence-electron chi connectivity index (χ3n) is 2.69. The van der Waals surface area contributed by atoms with Crippen molar-refractivity contribution in [3.8, 4) is 0 Å². The SMILES string of the molecule is CCc1ccc(NC(=O)c2sccc2C)cc1. The van der Waals surface area contributed by atoms with Gasteiger partial charge in [0.25, 0.3) is 5.91 Å².